The molecule has 0 saturated carbocycles. The summed E-state index contributed by atoms with van der Waals surface area (Å²) in [5, 5.41) is 11.7. The summed E-state index contributed by atoms with van der Waals surface area (Å²) in [5.74, 6) is 0.448. The second kappa shape index (κ2) is 7.00. The van der Waals surface area contributed by atoms with E-state index < -0.39 is 5.92 Å². The first-order chi connectivity index (χ1) is 13.1. The van der Waals surface area contributed by atoms with Crippen LogP contribution in [0.4, 0.5) is 11.4 Å². The van der Waals surface area contributed by atoms with Crippen molar-refractivity contribution in [1.82, 2.24) is 0 Å². The zero-order valence-electron chi connectivity index (χ0n) is 14.5. The van der Waals surface area contributed by atoms with Crippen LogP contribution in [0.2, 0.25) is 0 Å². The summed E-state index contributed by atoms with van der Waals surface area (Å²) in [4.78, 5) is 26.6. The summed E-state index contributed by atoms with van der Waals surface area (Å²) < 4.78 is 11.1. The van der Waals surface area contributed by atoms with E-state index >= 15 is 0 Å². The predicted molar refractivity (Wildman–Crippen MR) is 97.7 cm³/mol. The summed E-state index contributed by atoms with van der Waals surface area (Å²) in [5.41, 5.74) is 1.70. The molecule has 0 aromatic heterocycles. The lowest BCUT2D eigenvalue weighted by molar-refractivity contribution is -0.122. The number of carbonyl (C=O) groups excluding carboxylic acids is 2. The van der Waals surface area contributed by atoms with Crippen LogP contribution >= 0.6 is 0 Å². The first kappa shape index (κ1) is 16.9. The van der Waals surface area contributed by atoms with Crippen LogP contribution < -0.4 is 19.7 Å². The van der Waals surface area contributed by atoms with Crippen LogP contribution in [0.15, 0.2) is 42.5 Å². The molecular formula is C20H17N3O4. The Balaban J connectivity index is 1.47. The summed E-state index contributed by atoms with van der Waals surface area (Å²) >= 11 is 0. The lowest BCUT2D eigenvalue weighted by Gasteiger charge is -2.22. The monoisotopic (exact) mass is 363 g/mol. The Labute approximate surface area is 156 Å². The standard InChI is InChI=1S/C20H17N3O4/c21-11-13-2-1-3-15(8-13)22-20(25)14-9-19(24)23(12-14)16-4-5-17-18(10-16)27-7-6-26-17/h1-5,8,10,14H,6-7,9,12H2,(H,22,25). The number of hydrogen-bond acceptors (Lipinski definition) is 5. The molecule has 7 heteroatoms. The molecule has 4 rings (SSSR count). The minimum Gasteiger partial charge on any atom is -0.486 e. The molecule has 0 spiro atoms. The Hall–Kier alpha value is -3.53. The smallest absolute Gasteiger partial charge is 0.229 e. The first-order valence-corrected chi connectivity index (χ1v) is 8.65. The number of nitrogens with zero attached hydrogens (tertiary/aromatic N) is 2. The van der Waals surface area contributed by atoms with E-state index in [1.54, 1.807) is 47.4 Å². The fourth-order valence-electron chi connectivity index (χ4n) is 3.24. The molecule has 2 aliphatic heterocycles. The van der Waals surface area contributed by atoms with Gasteiger partial charge in [0.2, 0.25) is 11.8 Å². The van der Waals surface area contributed by atoms with Crippen LogP contribution in [0, 0.1) is 17.2 Å². The number of amides is 2. The zero-order valence-corrected chi connectivity index (χ0v) is 14.5. The molecule has 2 heterocycles. The van der Waals surface area contributed by atoms with E-state index in [2.05, 4.69) is 5.32 Å². The van der Waals surface area contributed by atoms with Gasteiger partial charge in [0.15, 0.2) is 11.5 Å². The Morgan fingerprint density at radius 1 is 1.15 bits per heavy atom. The Morgan fingerprint density at radius 2 is 1.96 bits per heavy atom. The molecule has 2 aromatic carbocycles. The van der Waals surface area contributed by atoms with Gasteiger partial charge in [-0.25, -0.2) is 0 Å². The summed E-state index contributed by atoms with van der Waals surface area (Å²) in [6, 6.07) is 14.1. The highest BCUT2D eigenvalue weighted by molar-refractivity contribution is 6.03. The molecule has 1 atom stereocenters. The van der Waals surface area contributed by atoms with Gasteiger partial charge in [0.1, 0.15) is 13.2 Å². The van der Waals surface area contributed by atoms with Gasteiger partial charge in [-0.05, 0) is 30.3 Å². The number of anilines is 2. The third kappa shape index (κ3) is 3.42. The number of benzene rings is 2. The van der Waals surface area contributed by atoms with Crippen LogP contribution in [-0.4, -0.2) is 31.6 Å². The van der Waals surface area contributed by atoms with Crippen LogP contribution in [0.5, 0.6) is 11.5 Å². The second-order valence-electron chi connectivity index (χ2n) is 6.42. The Kier molecular flexibility index (Phi) is 4.38. The van der Waals surface area contributed by atoms with Crippen LogP contribution in [0.3, 0.4) is 0 Å². The average molecular weight is 363 g/mol. The maximum atomic E-state index is 12.6. The predicted octanol–water partition coefficient (Wildman–Crippen LogP) is 2.32. The topological polar surface area (TPSA) is 91.7 Å². The molecular weight excluding hydrogens is 346 g/mol. The van der Waals surface area contributed by atoms with Crippen molar-refractivity contribution < 1.29 is 19.1 Å². The van der Waals surface area contributed by atoms with Gasteiger partial charge >= 0.3 is 0 Å². The van der Waals surface area contributed by atoms with Gasteiger partial charge < -0.3 is 19.7 Å². The maximum absolute atomic E-state index is 12.6. The normalized spacial score (nSPS) is 18.1. The Morgan fingerprint density at radius 3 is 2.78 bits per heavy atom. The highest BCUT2D eigenvalue weighted by Gasteiger charge is 2.35. The van der Waals surface area contributed by atoms with Crippen LogP contribution in [0.25, 0.3) is 0 Å². The molecule has 0 radical (unpaired) electrons. The lowest BCUT2D eigenvalue weighted by Crippen LogP contribution is -2.28. The number of nitrogens with one attached hydrogen (secondary N) is 1. The van der Waals surface area contributed by atoms with Gasteiger partial charge in [-0.3, -0.25) is 9.59 Å². The fourth-order valence-corrected chi connectivity index (χ4v) is 3.24. The first-order valence-electron chi connectivity index (χ1n) is 8.65. The average Bonchev–Trinajstić information content (AvgIpc) is 3.09. The van der Waals surface area contributed by atoms with Crippen molar-refractivity contribution in [3.05, 3.63) is 48.0 Å². The molecule has 1 unspecified atom stereocenters. The molecule has 0 bridgehead atoms. The quantitative estimate of drug-likeness (QED) is 0.904. The molecule has 27 heavy (non-hydrogen) atoms. The maximum Gasteiger partial charge on any atom is 0.229 e. The number of nitriles is 1. The molecule has 136 valence electrons. The summed E-state index contributed by atoms with van der Waals surface area (Å²) in [6.07, 6.45) is 0.137. The highest BCUT2D eigenvalue weighted by Crippen LogP contribution is 2.36. The third-order valence-corrected chi connectivity index (χ3v) is 4.59. The molecule has 7 nitrogen and oxygen atoms in total. The van der Waals surface area contributed by atoms with Crippen molar-refractivity contribution in [3.8, 4) is 17.6 Å². The lowest BCUT2D eigenvalue weighted by atomic mass is 10.1. The minimum atomic E-state index is -0.462. The van der Waals surface area contributed by atoms with Crippen molar-refractivity contribution in [2.24, 2.45) is 5.92 Å². The molecule has 2 aliphatic rings. The molecule has 1 N–H and O–H groups in total. The van der Waals surface area contributed by atoms with Gasteiger partial charge in [0.05, 0.1) is 17.6 Å². The molecule has 2 amide bonds. The van der Waals surface area contributed by atoms with Gasteiger partial charge in [0.25, 0.3) is 0 Å². The summed E-state index contributed by atoms with van der Waals surface area (Å²) in [6.45, 7) is 1.27. The highest BCUT2D eigenvalue weighted by atomic mass is 16.6. The van der Waals surface area contributed by atoms with E-state index in [1.165, 1.54) is 0 Å². The summed E-state index contributed by atoms with van der Waals surface area (Å²) in [7, 11) is 0. The van der Waals surface area contributed by atoms with E-state index in [1.807, 2.05) is 6.07 Å². The van der Waals surface area contributed by atoms with Crippen molar-refractivity contribution in [1.29, 1.82) is 5.26 Å². The van der Waals surface area contributed by atoms with Gasteiger partial charge in [0, 0.05) is 30.4 Å². The SMILES string of the molecule is N#Cc1cccc(NC(=O)C2CC(=O)N(c3ccc4c(c3)OCCO4)C2)c1. The van der Waals surface area contributed by atoms with E-state index in [4.69, 9.17) is 14.7 Å². The fraction of sp³-hybridized carbons (Fsp3) is 0.250. The molecule has 1 fully saturated rings. The minimum absolute atomic E-state index is 0.113. The molecule has 1 saturated heterocycles. The second-order valence-corrected chi connectivity index (χ2v) is 6.42. The van der Waals surface area contributed by atoms with Gasteiger partial charge in [-0.2, -0.15) is 5.26 Å². The van der Waals surface area contributed by atoms with Crippen molar-refractivity contribution in [3.63, 3.8) is 0 Å². The van der Waals surface area contributed by atoms with Crippen molar-refractivity contribution >= 4 is 23.2 Å². The largest absolute Gasteiger partial charge is 0.486 e. The van der Waals surface area contributed by atoms with Crippen molar-refractivity contribution in [2.75, 3.05) is 30.0 Å². The van der Waals surface area contributed by atoms with E-state index in [-0.39, 0.29) is 18.2 Å². The van der Waals surface area contributed by atoms with E-state index in [0.717, 1.165) is 0 Å². The Bertz CT molecular complexity index is 950. The van der Waals surface area contributed by atoms with Crippen molar-refractivity contribution in [2.45, 2.75) is 6.42 Å². The number of carbonyl (C=O) groups is 2. The van der Waals surface area contributed by atoms with Gasteiger partial charge in [-0.1, -0.05) is 6.07 Å². The molecule has 0 aliphatic carbocycles. The number of fused-ring (bicyclic) bond motifs is 1. The molecule has 2 aromatic rings. The van der Waals surface area contributed by atoms with E-state index in [0.29, 0.717) is 48.2 Å². The third-order valence-electron chi connectivity index (χ3n) is 4.59. The van der Waals surface area contributed by atoms with E-state index in [9.17, 15) is 9.59 Å². The zero-order chi connectivity index (χ0) is 18.8. The van der Waals surface area contributed by atoms with Gasteiger partial charge in [-0.15, -0.1) is 0 Å². The number of rotatable bonds is 3. The number of ether oxygens (including phenoxy) is 2. The van der Waals surface area contributed by atoms with Crippen LogP contribution in [0.1, 0.15) is 12.0 Å². The van der Waals surface area contributed by atoms with Crippen LogP contribution in [-0.2, 0) is 9.59 Å². The number of hydrogen-bond donors (Lipinski definition) is 1.